The first-order chi connectivity index (χ1) is 9.90. The number of aromatic nitrogens is 2. The topological polar surface area (TPSA) is 29.9 Å². The first kappa shape index (κ1) is 12.4. The highest BCUT2D eigenvalue weighted by molar-refractivity contribution is 5.74. The molecular formula is C17H23N3. The van der Waals surface area contributed by atoms with Crippen LogP contribution in [0.5, 0.6) is 0 Å². The number of benzene rings is 1. The van der Waals surface area contributed by atoms with Crippen LogP contribution in [0.2, 0.25) is 0 Å². The van der Waals surface area contributed by atoms with Crippen LogP contribution in [0.1, 0.15) is 32.1 Å². The Bertz CT molecular complexity index is 589. The van der Waals surface area contributed by atoms with Crippen LogP contribution in [-0.2, 0) is 6.54 Å². The van der Waals surface area contributed by atoms with Gasteiger partial charge in [0.1, 0.15) is 0 Å². The predicted octanol–water partition coefficient (Wildman–Crippen LogP) is 3.20. The Hall–Kier alpha value is -1.35. The third-order valence-corrected chi connectivity index (χ3v) is 5.25. The van der Waals surface area contributed by atoms with Gasteiger partial charge in [-0.2, -0.15) is 0 Å². The lowest BCUT2D eigenvalue weighted by molar-refractivity contribution is 0.348. The molecule has 0 spiro atoms. The Morgan fingerprint density at radius 3 is 3.00 bits per heavy atom. The summed E-state index contributed by atoms with van der Waals surface area (Å²) in [6.45, 7) is 2.20. The number of para-hydroxylation sites is 2. The molecule has 2 bridgehead atoms. The first-order valence-electron chi connectivity index (χ1n) is 8.03. The smallest absolute Gasteiger partial charge is 0.0958 e. The molecule has 2 aromatic rings. The van der Waals surface area contributed by atoms with Gasteiger partial charge in [-0.25, -0.2) is 4.98 Å². The van der Waals surface area contributed by atoms with E-state index in [1.807, 2.05) is 6.33 Å². The van der Waals surface area contributed by atoms with Crippen molar-refractivity contribution in [3.05, 3.63) is 30.6 Å². The lowest BCUT2D eigenvalue weighted by Crippen LogP contribution is -2.34. The van der Waals surface area contributed by atoms with Crippen molar-refractivity contribution in [1.29, 1.82) is 0 Å². The minimum Gasteiger partial charge on any atom is -0.331 e. The van der Waals surface area contributed by atoms with E-state index in [4.69, 9.17) is 0 Å². The van der Waals surface area contributed by atoms with Crippen molar-refractivity contribution in [3.63, 3.8) is 0 Å². The number of rotatable bonds is 5. The van der Waals surface area contributed by atoms with Gasteiger partial charge in [-0.05, 0) is 56.2 Å². The van der Waals surface area contributed by atoms with E-state index in [0.29, 0.717) is 0 Å². The summed E-state index contributed by atoms with van der Waals surface area (Å²) in [5, 5.41) is 3.79. The summed E-state index contributed by atoms with van der Waals surface area (Å²) in [4.78, 5) is 4.45. The van der Waals surface area contributed by atoms with Crippen molar-refractivity contribution in [2.45, 2.75) is 44.7 Å². The molecule has 3 nitrogen and oxygen atoms in total. The standard InChI is InChI=1S/C17H23N3/c1-2-5-17-15(4-1)19-12-20(17)9-3-8-18-16-11-13-6-7-14(16)10-13/h1-2,4-5,12-14,16,18H,3,6-11H2. The number of fused-ring (bicyclic) bond motifs is 3. The Morgan fingerprint density at radius 1 is 1.20 bits per heavy atom. The third-order valence-electron chi connectivity index (χ3n) is 5.25. The van der Waals surface area contributed by atoms with E-state index in [2.05, 4.69) is 39.1 Å². The van der Waals surface area contributed by atoms with Crippen molar-refractivity contribution in [2.24, 2.45) is 11.8 Å². The highest BCUT2D eigenvalue weighted by Gasteiger charge is 2.38. The monoisotopic (exact) mass is 269 g/mol. The maximum absolute atomic E-state index is 4.45. The van der Waals surface area contributed by atoms with Gasteiger partial charge in [0.2, 0.25) is 0 Å². The molecule has 1 aromatic heterocycles. The van der Waals surface area contributed by atoms with Crippen LogP contribution in [0.25, 0.3) is 11.0 Å². The molecule has 1 aromatic carbocycles. The van der Waals surface area contributed by atoms with Gasteiger partial charge in [0.05, 0.1) is 17.4 Å². The molecule has 0 aliphatic heterocycles. The molecule has 3 heteroatoms. The lowest BCUT2D eigenvalue weighted by atomic mass is 9.95. The maximum atomic E-state index is 4.45. The van der Waals surface area contributed by atoms with Gasteiger partial charge in [0.15, 0.2) is 0 Å². The normalized spacial score (nSPS) is 28.5. The molecule has 2 saturated carbocycles. The second kappa shape index (κ2) is 5.21. The van der Waals surface area contributed by atoms with Crippen LogP contribution >= 0.6 is 0 Å². The van der Waals surface area contributed by atoms with Crippen LogP contribution in [-0.4, -0.2) is 22.1 Å². The molecule has 2 aliphatic rings. The van der Waals surface area contributed by atoms with Gasteiger partial charge in [-0.1, -0.05) is 18.6 Å². The number of hydrogen-bond acceptors (Lipinski definition) is 2. The Labute approximate surface area is 120 Å². The molecule has 106 valence electrons. The van der Waals surface area contributed by atoms with Crippen molar-refractivity contribution in [3.8, 4) is 0 Å². The number of nitrogens with one attached hydrogen (secondary N) is 1. The second-order valence-corrected chi connectivity index (χ2v) is 6.52. The summed E-state index contributed by atoms with van der Waals surface area (Å²) >= 11 is 0. The minimum absolute atomic E-state index is 0.813. The minimum atomic E-state index is 0.813. The Balaban J connectivity index is 1.28. The van der Waals surface area contributed by atoms with E-state index in [9.17, 15) is 0 Å². The number of imidazole rings is 1. The number of nitrogens with zero attached hydrogens (tertiary/aromatic N) is 2. The van der Waals surface area contributed by atoms with Gasteiger partial charge in [0, 0.05) is 12.6 Å². The van der Waals surface area contributed by atoms with Gasteiger partial charge in [-0.15, -0.1) is 0 Å². The van der Waals surface area contributed by atoms with Gasteiger partial charge in [-0.3, -0.25) is 0 Å². The first-order valence-corrected chi connectivity index (χ1v) is 8.03. The molecule has 0 saturated heterocycles. The zero-order valence-electron chi connectivity index (χ0n) is 12.0. The zero-order valence-corrected chi connectivity index (χ0v) is 12.0. The average molecular weight is 269 g/mol. The fraction of sp³-hybridized carbons (Fsp3) is 0.588. The molecule has 1 N–H and O–H groups in total. The van der Waals surface area contributed by atoms with E-state index in [-0.39, 0.29) is 0 Å². The maximum Gasteiger partial charge on any atom is 0.0958 e. The van der Waals surface area contributed by atoms with Crippen molar-refractivity contribution in [2.75, 3.05) is 6.54 Å². The summed E-state index contributed by atoms with van der Waals surface area (Å²) in [6, 6.07) is 9.20. The van der Waals surface area contributed by atoms with E-state index >= 15 is 0 Å². The molecule has 3 unspecified atom stereocenters. The predicted molar refractivity (Wildman–Crippen MR) is 81.6 cm³/mol. The molecule has 2 aliphatic carbocycles. The van der Waals surface area contributed by atoms with Crippen molar-refractivity contribution in [1.82, 2.24) is 14.9 Å². The molecule has 3 atom stereocenters. The number of hydrogen-bond donors (Lipinski definition) is 1. The highest BCUT2D eigenvalue weighted by Crippen LogP contribution is 2.44. The average Bonchev–Trinajstić information content (AvgIpc) is 3.19. The SMILES string of the molecule is c1ccc2c(c1)ncn2CCCNC1CC2CCC1C2. The number of aryl methyl sites for hydroxylation is 1. The zero-order chi connectivity index (χ0) is 13.4. The quantitative estimate of drug-likeness (QED) is 0.845. The fourth-order valence-electron chi connectivity index (χ4n) is 4.22. The van der Waals surface area contributed by atoms with Crippen LogP contribution < -0.4 is 5.32 Å². The van der Waals surface area contributed by atoms with Crippen LogP contribution in [0, 0.1) is 11.8 Å². The van der Waals surface area contributed by atoms with Crippen molar-refractivity contribution >= 4 is 11.0 Å². The molecule has 0 radical (unpaired) electrons. The molecular weight excluding hydrogens is 246 g/mol. The summed E-state index contributed by atoms with van der Waals surface area (Å²) in [7, 11) is 0. The summed E-state index contributed by atoms with van der Waals surface area (Å²) in [6.07, 6.45) is 9.04. The largest absolute Gasteiger partial charge is 0.331 e. The van der Waals surface area contributed by atoms with Crippen LogP contribution in [0.4, 0.5) is 0 Å². The molecule has 2 fully saturated rings. The van der Waals surface area contributed by atoms with Crippen molar-refractivity contribution < 1.29 is 0 Å². The molecule has 20 heavy (non-hydrogen) atoms. The molecule has 0 amide bonds. The second-order valence-electron chi connectivity index (χ2n) is 6.52. The van der Waals surface area contributed by atoms with E-state index < -0.39 is 0 Å². The van der Waals surface area contributed by atoms with Gasteiger partial charge < -0.3 is 9.88 Å². The van der Waals surface area contributed by atoms with Crippen LogP contribution in [0.3, 0.4) is 0 Å². The Morgan fingerprint density at radius 2 is 2.15 bits per heavy atom. The van der Waals surface area contributed by atoms with E-state index in [0.717, 1.165) is 36.5 Å². The van der Waals surface area contributed by atoms with E-state index in [1.54, 1.807) is 0 Å². The molecule has 1 heterocycles. The summed E-state index contributed by atoms with van der Waals surface area (Å²) in [5.41, 5.74) is 2.36. The Kier molecular flexibility index (Phi) is 3.23. The third kappa shape index (κ3) is 2.24. The van der Waals surface area contributed by atoms with Gasteiger partial charge >= 0.3 is 0 Å². The van der Waals surface area contributed by atoms with Crippen LogP contribution in [0.15, 0.2) is 30.6 Å². The summed E-state index contributed by atoms with van der Waals surface area (Å²) < 4.78 is 2.28. The van der Waals surface area contributed by atoms with Gasteiger partial charge in [0.25, 0.3) is 0 Å². The summed E-state index contributed by atoms with van der Waals surface area (Å²) in [5.74, 6) is 2.02. The fourth-order valence-corrected chi connectivity index (χ4v) is 4.22. The molecule has 4 rings (SSSR count). The van der Waals surface area contributed by atoms with E-state index in [1.165, 1.54) is 37.6 Å². The highest BCUT2D eigenvalue weighted by atomic mass is 15.0. The lowest BCUT2D eigenvalue weighted by Gasteiger charge is -2.23.